The number of rotatable bonds is 4. The molecule has 0 bridgehead atoms. The number of nitrogens with zero attached hydrogens (tertiary/aromatic N) is 4. The molecular weight excluding hydrogens is 383 g/mol. The molecule has 1 aromatic heterocycles. The van der Waals surface area contributed by atoms with E-state index in [2.05, 4.69) is 26.8 Å². The number of hydrogen-bond donors (Lipinski definition) is 1. The molecule has 1 heterocycles. The lowest BCUT2D eigenvalue weighted by Crippen LogP contribution is -2.34. The maximum absolute atomic E-state index is 12.9. The van der Waals surface area contributed by atoms with Crippen LogP contribution in [-0.4, -0.2) is 26.1 Å². The Hall–Kier alpha value is -3.23. The predicted octanol–water partition coefficient (Wildman–Crippen LogP) is 3.55. The first-order chi connectivity index (χ1) is 13.9. The Morgan fingerprint density at radius 1 is 1.17 bits per heavy atom. The summed E-state index contributed by atoms with van der Waals surface area (Å²) in [5.41, 5.74) is 1.74. The van der Waals surface area contributed by atoms with E-state index in [0.717, 1.165) is 41.8 Å². The molecule has 9 heteroatoms. The van der Waals surface area contributed by atoms with Crippen molar-refractivity contribution in [2.45, 2.75) is 38.0 Å². The van der Waals surface area contributed by atoms with Gasteiger partial charge in [0.25, 0.3) is 0 Å². The predicted molar refractivity (Wildman–Crippen MR) is 98.5 cm³/mol. The third-order valence-electron chi connectivity index (χ3n) is 4.89. The molecule has 1 N–H and O–H groups in total. The van der Waals surface area contributed by atoms with Crippen LogP contribution in [0, 0.1) is 0 Å². The Morgan fingerprint density at radius 3 is 2.83 bits per heavy atom. The number of carbonyl (C=O) groups is 1. The van der Waals surface area contributed by atoms with Crippen molar-refractivity contribution >= 4 is 5.91 Å². The zero-order chi connectivity index (χ0) is 20.4. The Bertz CT molecular complexity index is 1030. The summed E-state index contributed by atoms with van der Waals surface area (Å²) in [5.74, 6) is -0.244. The van der Waals surface area contributed by atoms with Crippen molar-refractivity contribution in [2.24, 2.45) is 0 Å². The summed E-state index contributed by atoms with van der Waals surface area (Å²) in [6.45, 7) is -0.162. The second-order valence-corrected chi connectivity index (χ2v) is 6.93. The van der Waals surface area contributed by atoms with Crippen molar-refractivity contribution in [1.82, 2.24) is 25.5 Å². The summed E-state index contributed by atoms with van der Waals surface area (Å²) >= 11 is 0. The molecule has 2 aromatic carbocycles. The molecule has 1 amide bonds. The van der Waals surface area contributed by atoms with E-state index in [-0.39, 0.29) is 29.9 Å². The van der Waals surface area contributed by atoms with Crippen molar-refractivity contribution in [3.8, 4) is 11.4 Å². The molecule has 1 aliphatic carbocycles. The van der Waals surface area contributed by atoms with E-state index in [1.165, 1.54) is 17.7 Å². The average Bonchev–Trinajstić information content (AvgIpc) is 3.16. The minimum absolute atomic E-state index is 0.0342. The van der Waals surface area contributed by atoms with Gasteiger partial charge in [0.2, 0.25) is 11.7 Å². The fraction of sp³-hybridized carbons (Fsp3) is 0.300. The lowest BCUT2D eigenvalue weighted by atomic mass is 9.88. The molecule has 0 fully saturated rings. The minimum Gasteiger partial charge on any atom is -0.348 e. The Kier molecular flexibility index (Phi) is 5.04. The lowest BCUT2D eigenvalue weighted by Gasteiger charge is -2.26. The summed E-state index contributed by atoms with van der Waals surface area (Å²) in [6.07, 6.45) is -1.62. The van der Waals surface area contributed by atoms with Crippen LogP contribution in [0.15, 0.2) is 48.5 Å². The number of benzene rings is 2. The van der Waals surface area contributed by atoms with Gasteiger partial charge in [-0.1, -0.05) is 36.4 Å². The number of aryl methyl sites for hydroxylation is 1. The molecule has 4 rings (SSSR count). The van der Waals surface area contributed by atoms with E-state index in [1.54, 1.807) is 0 Å². The molecule has 3 aromatic rings. The van der Waals surface area contributed by atoms with Gasteiger partial charge in [0.15, 0.2) is 0 Å². The van der Waals surface area contributed by atoms with Gasteiger partial charge in [-0.2, -0.15) is 18.0 Å². The normalized spacial score (nSPS) is 16.3. The van der Waals surface area contributed by atoms with Gasteiger partial charge in [0, 0.05) is 5.56 Å². The molecular formula is C20H18F3N5O. The maximum atomic E-state index is 12.9. The largest absolute Gasteiger partial charge is 0.416 e. The number of alkyl halides is 3. The second kappa shape index (κ2) is 7.65. The molecule has 6 nitrogen and oxygen atoms in total. The van der Waals surface area contributed by atoms with Gasteiger partial charge in [0.1, 0.15) is 6.54 Å². The first kappa shape index (κ1) is 19.1. The van der Waals surface area contributed by atoms with E-state index in [4.69, 9.17) is 0 Å². The highest BCUT2D eigenvalue weighted by atomic mass is 19.4. The topological polar surface area (TPSA) is 72.7 Å². The molecule has 0 saturated carbocycles. The molecule has 0 saturated heterocycles. The highest BCUT2D eigenvalue weighted by Gasteiger charge is 2.30. The molecule has 29 heavy (non-hydrogen) atoms. The first-order valence-corrected chi connectivity index (χ1v) is 9.23. The van der Waals surface area contributed by atoms with E-state index in [1.807, 2.05) is 18.2 Å². The van der Waals surface area contributed by atoms with Gasteiger partial charge in [-0.05, 0) is 47.7 Å². The van der Waals surface area contributed by atoms with Gasteiger partial charge in [-0.15, -0.1) is 10.2 Å². The number of carbonyl (C=O) groups excluding carboxylic acids is 1. The van der Waals surface area contributed by atoms with Crippen molar-refractivity contribution in [3.63, 3.8) is 0 Å². The van der Waals surface area contributed by atoms with E-state index >= 15 is 0 Å². The molecule has 1 atom stereocenters. The van der Waals surface area contributed by atoms with Crippen LogP contribution < -0.4 is 5.32 Å². The van der Waals surface area contributed by atoms with Crippen LogP contribution >= 0.6 is 0 Å². The number of hydrogen-bond acceptors (Lipinski definition) is 4. The summed E-state index contributed by atoms with van der Waals surface area (Å²) in [4.78, 5) is 13.5. The maximum Gasteiger partial charge on any atom is 0.416 e. The number of aromatic nitrogens is 4. The molecule has 0 unspecified atom stereocenters. The zero-order valence-corrected chi connectivity index (χ0v) is 15.4. The number of tetrazole rings is 1. The molecule has 1 aliphatic rings. The monoisotopic (exact) mass is 401 g/mol. The van der Waals surface area contributed by atoms with Crippen LogP contribution in [0.2, 0.25) is 0 Å². The smallest absolute Gasteiger partial charge is 0.348 e. The van der Waals surface area contributed by atoms with Crippen LogP contribution in [-0.2, 0) is 23.9 Å². The standard InChI is InChI=1S/C20H18F3N5O/c21-20(22,23)15-8-3-7-14(11-15)19-25-27-28(26-19)12-18(29)24-17-10-4-6-13-5-1-2-9-16(13)17/h1-3,5,7-9,11,17H,4,6,10,12H2,(H,24,29)/t17-/m1/s1. The van der Waals surface area contributed by atoms with Crippen molar-refractivity contribution in [1.29, 1.82) is 0 Å². The Labute approximate surface area is 164 Å². The molecule has 150 valence electrons. The van der Waals surface area contributed by atoms with Gasteiger partial charge in [0.05, 0.1) is 11.6 Å². The van der Waals surface area contributed by atoms with Crippen LogP contribution in [0.1, 0.15) is 35.6 Å². The van der Waals surface area contributed by atoms with E-state index in [9.17, 15) is 18.0 Å². The number of nitrogens with one attached hydrogen (secondary N) is 1. The summed E-state index contributed by atoms with van der Waals surface area (Å²) in [5, 5.41) is 14.6. The third-order valence-corrected chi connectivity index (χ3v) is 4.89. The van der Waals surface area contributed by atoms with E-state index < -0.39 is 11.7 Å². The molecule has 0 spiro atoms. The first-order valence-electron chi connectivity index (χ1n) is 9.23. The van der Waals surface area contributed by atoms with Gasteiger partial charge < -0.3 is 5.32 Å². The van der Waals surface area contributed by atoms with Gasteiger partial charge >= 0.3 is 6.18 Å². The fourth-order valence-electron chi connectivity index (χ4n) is 3.53. The fourth-order valence-corrected chi connectivity index (χ4v) is 3.53. The van der Waals surface area contributed by atoms with Crippen molar-refractivity contribution in [2.75, 3.05) is 0 Å². The highest BCUT2D eigenvalue weighted by molar-refractivity contribution is 5.76. The van der Waals surface area contributed by atoms with Gasteiger partial charge in [-0.25, -0.2) is 0 Å². The summed E-state index contributed by atoms with van der Waals surface area (Å²) < 4.78 is 38.6. The Balaban J connectivity index is 1.44. The van der Waals surface area contributed by atoms with Gasteiger partial charge in [-0.3, -0.25) is 4.79 Å². The second-order valence-electron chi connectivity index (χ2n) is 6.93. The third kappa shape index (κ3) is 4.28. The zero-order valence-electron chi connectivity index (χ0n) is 15.4. The van der Waals surface area contributed by atoms with Crippen LogP contribution in [0.4, 0.5) is 13.2 Å². The van der Waals surface area contributed by atoms with Crippen LogP contribution in [0.3, 0.4) is 0 Å². The highest BCUT2D eigenvalue weighted by Crippen LogP contribution is 2.31. The van der Waals surface area contributed by atoms with E-state index in [0.29, 0.717) is 0 Å². The summed E-state index contributed by atoms with van der Waals surface area (Å²) in [6, 6.07) is 12.6. The molecule has 0 aliphatic heterocycles. The number of amides is 1. The van der Waals surface area contributed by atoms with Crippen molar-refractivity contribution in [3.05, 3.63) is 65.2 Å². The SMILES string of the molecule is O=C(Cn1nnc(-c2cccc(C(F)(F)F)c2)n1)N[C@@H]1CCCc2ccccc21. The number of fused-ring (bicyclic) bond motifs is 1. The average molecular weight is 401 g/mol. The minimum atomic E-state index is -4.46. The molecule has 0 radical (unpaired) electrons. The van der Waals surface area contributed by atoms with Crippen LogP contribution in [0.25, 0.3) is 11.4 Å². The van der Waals surface area contributed by atoms with Crippen molar-refractivity contribution < 1.29 is 18.0 Å². The lowest BCUT2D eigenvalue weighted by molar-refractivity contribution is -0.137. The van der Waals surface area contributed by atoms with Crippen LogP contribution in [0.5, 0.6) is 0 Å². The quantitative estimate of drug-likeness (QED) is 0.726. The Morgan fingerprint density at radius 2 is 2.00 bits per heavy atom. The summed E-state index contributed by atoms with van der Waals surface area (Å²) in [7, 11) is 0. The number of halogens is 3.